The molecule has 0 saturated heterocycles. The number of hydrogen-bond acceptors (Lipinski definition) is 7. The summed E-state index contributed by atoms with van der Waals surface area (Å²) in [7, 11) is 0. The smallest absolute Gasteiger partial charge is 0.282 e. The Morgan fingerprint density at radius 1 is 1.27 bits per heavy atom. The fraction of sp³-hybridized carbons (Fsp3) is 0.190. The van der Waals surface area contributed by atoms with Gasteiger partial charge < -0.3 is 10.4 Å². The number of carbonyl (C=O) groups is 1. The second-order valence-electron chi connectivity index (χ2n) is 7.27. The number of hydrogen-bond donors (Lipinski definition) is 2. The molecule has 0 bridgehead atoms. The molecular formula is C21H17ClF2N6O2S. The van der Waals surface area contributed by atoms with E-state index >= 15 is 0 Å². The zero-order chi connectivity index (χ0) is 23.6. The van der Waals surface area contributed by atoms with Crippen LogP contribution in [0.3, 0.4) is 0 Å². The molecule has 2 N–H and O–H groups in total. The number of aromatic nitrogens is 5. The lowest BCUT2D eigenvalue weighted by atomic mass is 9.86. The molecule has 2 aromatic heterocycles. The van der Waals surface area contributed by atoms with Gasteiger partial charge in [-0.25, -0.2) is 23.4 Å². The Kier molecular flexibility index (Phi) is 6.45. The maximum atomic E-state index is 14.6. The van der Waals surface area contributed by atoms with Crippen molar-refractivity contribution in [2.24, 2.45) is 0 Å². The van der Waals surface area contributed by atoms with E-state index in [1.165, 1.54) is 24.3 Å². The standard InChI is InChI=1S/C21H17ClF2N6O2S/c1-12(27-19(31)20-28-18(29-33-20)13-2-4-14(22)5-3-13)21(32,9-30-11-25-10-26-30)16-7-6-15(23)8-17(16)24/h2-8,10-12,32H,9H2,1H3,(H,27,31). The highest BCUT2D eigenvalue weighted by atomic mass is 35.5. The number of amides is 1. The molecule has 12 heteroatoms. The first-order chi connectivity index (χ1) is 15.8. The third-order valence-electron chi connectivity index (χ3n) is 5.05. The molecule has 0 radical (unpaired) electrons. The van der Waals surface area contributed by atoms with Crippen molar-refractivity contribution in [2.75, 3.05) is 0 Å². The van der Waals surface area contributed by atoms with Crippen molar-refractivity contribution >= 4 is 29.0 Å². The van der Waals surface area contributed by atoms with Gasteiger partial charge in [-0.1, -0.05) is 17.7 Å². The van der Waals surface area contributed by atoms with E-state index in [0.29, 0.717) is 22.5 Å². The van der Waals surface area contributed by atoms with Crippen molar-refractivity contribution in [2.45, 2.75) is 25.1 Å². The van der Waals surface area contributed by atoms with Gasteiger partial charge in [0.25, 0.3) is 5.91 Å². The van der Waals surface area contributed by atoms with Crippen LogP contribution in [0.2, 0.25) is 5.02 Å². The second-order valence-corrected chi connectivity index (χ2v) is 8.45. The van der Waals surface area contributed by atoms with Crippen molar-refractivity contribution in [1.82, 2.24) is 29.4 Å². The molecule has 0 fully saturated rings. The molecule has 33 heavy (non-hydrogen) atoms. The molecular weight excluding hydrogens is 474 g/mol. The molecule has 2 aromatic carbocycles. The monoisotopic (exact) mass is 490 g/mol. The molecule has 1 amide bonds. The Balaban J connectivity index is 1.59. The Labute approximate surface area is 196 Å². The van der Waals surface area contributed by atoms with Crippen LogP contribution < -0.4 is 5.32 Å². The maximum Gasteiger partial charge on any atom is 0.282 e. The van der Waals surface area contributed by atoms with Crippen LogP contribution in [0.1, 0.15) is 22.3 Å². The van der Waals surface area contributed by atoms with Gasteiger partial charge in [0.05, 0.1) is 12.6 Å². The van der Waals surface area contributed by atoms with E-state index < -0.39 is 29.2 Å². The number of nitrogens with one attached hydrogen (secondary N) is 1. The largest absolute Gasteiger partial charge is 0.381 e. The van der Waals surface area contributed by atoms with E-state index in [0.717, 1.165) is 23.7 Å². The van der Waals surface area contributed by atoms with Crippen LogP contribution in [-0.4, -0.2) is 41.2 Å². The maximum absolute atomic E-state index is 14.6. The number of carbonyl (C=O) groups excluding carboxylic acids is 1. The van der Waals surface area contributed by atoms with Crippen molar-refractivity contribution in [1.29, 1.82) is 0 Å². The number of nitrogens with zero attached hydrogens (tertiary/aromatic N) is 5. The molecule has 2 unspecified atom stereocenters. The lowest BCUT2D eigenvalue weighted by molar-refractivity contribution is -0.0186. The summed E-state index contributed by atoms with van der Waals surface area (Å²) in [5, 5.41) is 18.7. The topological polar surface area (TPSA) is 106 Å². The van der Waals surface area contributed by atoms with E-state index in [2.05, 4.69) is 24.8 Å². The van der Waals surface area contributed by atoms with Gasteiger partial charge in [-0.3, -0.25) is 4.79 Å². The molecule has 0 aliphatic carbocycles. The van der Waals surface area contributed by atoms with Gasteiger partial charge in [0.15, 0.2) is 5.82 Å². The third kappa shape index (κ3) is 4.90. The minimum Gasteiger partial charge on any atom is -0.381 e. The van der Waals surface area contributed by atoms with Crippen LogP contribution in [0.15, 0.2) is 55.1 Å². The minimum atomic E-state index is -1.98. The number of halogens is 3. The Morgan fingerprint density at radius 2 is 2.03 bits per heavy atom. The van der Waals surface area contributed by atoms with E-state index in [1.807, 2.05) is 0 Å². The summed E-state index contributed by atoms with van der Waals surface area (Å²) >= 11 is 6.77. The quantitative estimate of drug-likeness (QED) is 0.411. The zero-order valence-electron chi connectivity index (χ0n) is 17.1. The minimum absolute atomic E-state index is 0.0504. The van der Waals surface area contributed by atoms with Crippen LogP contribution >= 0.6 is 23.1 Å². The summed E-state index contributed by atoms with van der Waals surface area (Å²) in [5.74, 6) is -2.02. The van der Waals surface area contributed by atoms with E-state index in [1.54, 1.807) is 24.3 Å². The van der Waals surface area contributed by atoms with Gasteiger partial charge in [0, 0.05) is 22.2 Å². The molecule has 0 aliphatic rings. The average Bonchev–Trinajstić information content (AvgIpc) is 3.46. The van der Waals surface area contributed by atoms with Crippen LogP contribution in [-0.2, 0) is 12.1 Å². The molecule has 0 aliphatic heterocycles. The summed E-state index contributed by atoms with van der Waals surface area (Å²) in [6.45, 7) is 1.25. The number of rotatable bonds is 7. The molecule has 170 valence electrons. The molecule has 0 saturated carbocycles. The Bertz CT molecular complexity index is 1270. The molecule has 4 aromatic rings. The van der Waals surface area contributed by atoms with Gasteiger partial charge in [0.1, 0.15) is 29.9 Å². The lowest BCUT2D eigenvalue weighted by Crippen LogP contribution is -2.51. The first-order valence-corrected chi connectivity index (χ1v) is 10.8. The SMILES string of the molecule is CC(NC(=O)c1nc(-c2ccc(Cl)cc2)ns1)C(O)(Cn1cncn1)c1ccc(F)cc1F. The van der Waals surface area contributed by atoms with Crippen molar-refractivity contribution in [3.05, 3.63) is 82.3 Å². The zero-order valence-corrected chi connectivity index (χ0v) is 18.7. The molecule has 2 heterocycles. The van der Waals surface area contributed by atoms with E-state index in [4.69, 9.17) is 11.6 Å². The van der Waals surface area contributed by atoms with Gasteiger partial charge >= 0.3 is 0 Å². The molecule has 8 nitrogen and oxygen atoms in total. The fourth-order valence-electron chi connectivity index (χ4n) is 3.27. The first-order valence-electron chi connectivity index (χ1n) is 9.67. The highest BCUT2D eigenvalue weighted by Gasteiger charge is 2.40. The van der Waals surface area contributed by atoms with Crippen LogP contribution in [0.4, 0.5) is 8.78 Å². The predicted molar refractivity (Wildman–Crippen MR) is 118 cm³/mol. The van der Waals surface area contributed by atoms with Gasteiger partial charge in [-0.05, 0) is 48.8 Å². The van der Waals surface area contributed by atoms with E-state index in [-0.39, 0.29) is 17.1 Å². The van der Waals surface area contributed by atoms with E-state index in [9.17, 15) is 18.7 Å². The number of benzene rings is 2. The first kappa shape index (κ1) is 22.9. The molecule has 4 rings (SSSR count). The van der Waals surface area contributed by atoms with Crippen molar-refractivity contribution in [3.63, 3.8) is 0 Å². The van der Waals surface area contributed by atoms with Crippen molar-refractivity contribution in [3.8, 4) is 11.4 Å². The predicted octanol–water partition coefficient (Wildman–Crippen LogP) is 3.43. The normalized spacial score (nSPS) is 14.0. The number of aliphatic hydroxyl groups is 1. The summed E-state index contributed by atoms with van der Waals surface area (Å²) in [6, 6.07) is 8.61. The fourth-order valence-corrected chi connectivity index (χ4v) is 3.98. The van der Waals surface area contributed by atoms with Gasteiger partial charge in [-0.15, -0.1) is 0 Å². The van der Waals surface area contributed by atoms with Crippen LogP contribution in [0, 0.1) is 11.6 Å². The lowest BCUT2D eigenvalue weighted by Gasteiger charge is -2.35. The van der Waals surface area contributed by atoms with Crippen LogP contribution in [0.25, 0.3) is 11.4 Å². The Hall–Kier alpha value is -3.28. The van der Waals surface area contributed by atoms with Crippen LogP contribution in [0.5, 0.6) is 0 Å². The second kappa shape index (κ2) is 9.30. The highest BCUT2D eigenvalue weighted by Crippen LogP contribution is 2.30. The summed E-state index contributed by atoms with van der Waals surface area (Å²) in [6.07, 6.45) is 2.59. The average molecular weight is 491 g/mol. The van der Waals surface area contributed by atoms with Gasteiger partial charge in [-0.2, -0.15) is 9.47 Å². The summed E-state index contributed by atoms with van der Waals surface area (Å²) < 4.78 is 33.6. The highest BCUT2D eigenvalue weighted by molar-refractivity contribution is 7.07. The summed E-state index contributed by atoms with van der Waals surface area (Å²) in [4.78, 5) is 20.9. The van der Waals surface area contributed by atoms with Crippen molar-refractivity contribution < 1.29 is 18.7 Å². The summed E-state index contributed by atoms with van der Waals surface area (Å²) in [5.41, 5.74) is -1.50. The molecule has 2 atom stereocenters. The molecule has 0 spiro atoms. The third-order valence-corrected chi connectivity index (χ3v) is 6.02. The van der Waals surface area contributed by atoms with Gasteiger partial charge in [0.2, 0.25) is 5.01 Å². The Morgan fingerprint density at radius 3 is 2.70 bits per heavy atom.